The van der Waals surface area contributed by atoms with Crippen LogP contribution in [0.1, 0.15) is 11.5 Å². The molecule has 5 rings (SSSR count). The minimum absolute atomic E-state index is 0.114. The number of aliphatic hydroxyl groups is 1. The predicted molar refractivity (Wildman–Crippen MR) is 124 cm³/mol. The molecule has 0 amide bonds. The number of hydrogen-bond donors (Lipinski definition) is 3. The summed E-state index contributed by atoms with van der Waals surface area (Å²) < 4.78 is 13.9. The molecule has 0 radical (unpaired) electrons. The van der Waals surface area contributed by atoms with Crippen LogP contribution in [0.4, 0.5) is 5.69 Å². The average molecular weight is 436 g/mol. The van der Waals surface area contributed by atoms with Gasteiger partial charge >= 0.3 is 0 Å². The van der Waals surface area contributed by atoms with Gasteiger partial charge in [0, 0.05) is 45.5 Å². The van der Waals surface area contributed by atoms with E-state index in [1.54, 1.807) is 7.11 Å². The Labute approximate surface area is 187 Å². The van der Waals surface area contributed by atoms with Gasteiger partial charge in [0.2, 0.25) is 0 Å². The molecule has 3 aromatic rings. The molecule has 0 aliphatic carbocycles. The molecule has 0 unspecified atom stereocenters. The zero-order valence-corrected chi connectivity index (χ0v) is 18.3. The first-order valence-corrected chi connectivity index (χ1v) is 11.1. The van der Waals surface area contributed by atoms with E-state index in [2.05, 4.69) is 61.5 Å². The second-order valence-electron chi connectivity index (χ2n) is 8.01. The SMILES string of the molecule is COc1cc(-c2ccc3c(c2)OCc2nc(CNCCO)cn2-3)ccc1N1CCNCC1. The minimum Gasteiger partial charge on any atom is -0.495 e. The first kappa shape index (κ1) is 20.8. The quantitative estimate of drug-likeness (QED) is 0.489. The molecule has 2 aliphatic rings. The summed E-state index contributed by atoms with van der Waals surface area (Å²) in [6, 6.07) is 12.7. The van der Waals surface area contributed by atoms with Crippen LogP contribution in [0, 0.1) is 0 Å². The van der Waals surface area contributed by atoms with Crippen molar-refractivity contribution in [3.8, 4) is 28.3 Å². The summed E-state index contributed by atoms with van der Waals surface area (Å²) >= 11 is 0. The fourth-order valence-corrected chi connectivity index (χ4v) is 4.34. The number of aliphatic hydroxyl groups excluding tert-OH is 1. The summed E-state index contributed by atoms with van der Waals surface area (Å²) in [5.74, 6) is 2.61. The van der Waals surface area contributed by atoms with Crippen molar-refractivity contribution in [2.75, 3.05) is 51.3 Å². The second-order valence-corrected chi connectivity index (χ2v) is 8.01. The fraction of sp³-hybridized carbons (Fsp3) is 0.375. The van der Waals surface area contributed by atoms with Crippen molar-refractivity contribution in [2.24, 2.45) is 0 Å². The number of piperazine rings is 1. The van der Waals surface area contributed by atoms with Crippen molar-refractivity contribution >= 4 is 5.69 Å². The normalized spacial score (nSPS) is 15.1. The Balaban J connectivity index is 1.41. The van der Waals surface area contributed by atoms with E-state index < -0.39 is 0 Å². The van der Waals surface area contributed by atoms with E-state index in [0.717, 1.165) is 71.7 Å². The lowest BCUT2D eigenvalue weighted by Gasteiger charge is -2.30. The predicted octanol–water partition coefficient (Wildman–Crippen LogP) is 1.93. The molecule has 0 saturated carbocycles. The second kappa shape index (κ2) is 9.20. The van der Waals surface area contributed by atoms with E-state index in [0.29, 0.717) is 19.7 Å². The van der Waals surface area contributed by atoms with Crippen LogP contribution < -0.4 is 25.0 Å². The van der Waals surface area contributed by atoms with E-state index in [9.17, 15) is 0 Å². The van der Waals surface area contributed by atoms with Gasteiger partial charge in [-0.25, -0.2) is 4.98 Å². The maximum atomic E-state index is 8.95. The maximum Gasteiger partial charge on any atom is 0.151 e. The average Bonchev–Trinajstić information content (AvgIpc) is 3.27. The van der Waals surface area contributed by atoms with Gasteiger partial charge in [-0.3, -0.25) is 4.57 Å². The van der Waals surface area contributed by atoms with Gasteiger partial charge in [-0.2, -0.15) is 0 Å². The smallest absolute Gasteiger partial charge is 0.151 e. The number of imidazole rings is 1. The van der Waals surface area contributed by atoms with Crippen LogP contribution in [0.25, 0.3) is 16.8 Å². The molecule has 32 heavy (non-hydrogen) atoms. The molecular formula is C24H29N5O3. The first-order valence-electron chi connectivity index (χ1n) is 11.1. The Morgan fingerprint density at radius 3 is 2.69 bits per heavy atom. The molecule has 2 aromatic carbocycles. The largest absolute Gasteiger partial charge is 0.495 e. The number of benzene rings is 2. The Morgan fingerprint density at radius 2 is 1.91 bits per heavy atom. The molecule has 0 atom stereocenters. The number of fused-ring (bicyclic) bond motifs is 3. The molecule has 3 N–H and O–H groups in total. The van der Waals surface area contributed by atoms with Crippen LogP contribution in [0.15, 0.2) is 42.6 Å². The van der Waals surface area contributed by atoms with Crippen LogP contribution in [0.5, 0.6) is 11.5 Å². The van der Waals surface area contributed by atoms with Crippen LogP contribution in [-0.4, -0.2) is 61.1 Å². The van der Waals surface area contributed by atoms with E-state index in [-0.39, 0.29) is 6.61 Å². The zero-order valence-electron chi connectivity index (χ0n) is 18.3. The number of anilines is 1. The third-order valence-electron chi connectivity index (χ3n) is 5.97. The molecule has 8 nitrogen and oxygen atoms in total. The third-order valence-corrected chi connectivity index (χ3v) is 5.97. The molecule has 1 saturated heterocycles. The summed E-state index contributed by atoms with van der Waals surface area (Å²) in [6.45, 7) is 5.65. The van der Waals surface area contributed by atoms with Gasteiger partial charge < -0.3 is 30.1 Å². The van der Waals surface area contributed by atoms with Crippen LogP contribution in [0.3, 0.4) is 0 Å². The standard InChI is InChI=1S/C24H29N5O3/c1-31-22-12-17(2-4-20(22)28-9-6-25-7-10-28)18-3-5-21-23(13-18)32-16-24-27-19(15-29(21)24)14-26-8-11-30/h2-5,12-13,15,25-26,30H,6-11,14,16H2,1H3. The van der Waals surface area contributed by atoms with Crippen LogP contribution >= 0.6 is 0 Å². The van der Waals surface area contributed by atoms with Gasteiger partial charge in [-0.05, 0) is 35.4 Å². The molecule has 3 heterocycles. The Morgan fingerprint density at radius 1 is 1.12 bits per heavy atom. The summed E-state index contributed by atoms with van der Waals surface area (Å²) in [6.07, 6.45) is 2.03. The number of nitrogens with zero attached hydrogens (tertiary/aromatic N) is 3. The van der Waals surface area contributed by atoms with Crippen molar-refractivity contribution in [3.05, 3.63) is 54.1 Å². The molecule has 8 heteroatoms. The van der Waals surface area contributed by atoms with E-state index in [4.69, 9.17) is 14.6 Å². The highest BCUT2D eigenvalue weighted by Crippen LogP contribution is 2.37. The van der Waals surface area contributed by atoms with Gasteiger partial charge in [0.25, 0.3) is 0 Å². The lowest BCUT2D eigenvalue weighted by atomic mass is 10.0. The molecule has 1 fully saturated rings. The molecular weight excluding hydrogens is 406 g/mol. The minimum atomic E-state index is 0.114. The lowest BCUT2D eigenvalue weighted by molar-refractivity contribution is 0.279. The molecule has 0 bridgehead atoms. The van der Waals surface area contributed by atoms with Crippen molar-refractivity contribution < 1.29 is 14.6 Å². The number of rotatable bonds is 7. The summed E-state index contributed by atoms with van der Waals surface area (Å²) in [7, 11) is 1.73. The topological polar surface area (TPSA) is 83.8 Å². The molecule has 168 valence electrons. The Kier molecular flexibility index (Phi) is 5.98. The van der Waals surface area contributed by atoms with Crippen molar-refractivity contribution in [1.29, 1.82) is 0 Å². The number of ether oxygens (including phenoxy) is 2. The van der Waals surface area contributed by atoms with Gasteiger partial charge in [0.15, 0.2) is 5.82 Å². The van der Waals surface area contributed by atoms with Crippen LogP contribution in [-0.2, 0) is 13.2 Å². The third kappa shape index (κ3) is 4.04. The molecule has 1 aromatic heterocycles. The van der Waals surface area contributed by atoms with Crippen molar-refractivity contribution in [2.45, 2.75) is 13.2 Å². The summed E-state index contributed by atoms with van der Waals surface area (Å²) in [5, 5.41) is 15.5. The maximum absolute atomic E-state index is 8.95. The van der Waals surface area contributed by atoms with E-state index in [1.165, 1.54) is 0 Å². The Hall–Kier alpha value is -3.07. The van der Waals surface area contributed by atoms with Crippen molar-refractivity contribution in [1.82, 2.24) is 20.2 Å². The number of aromatic nitrogens is 2. The van der Waals surface area contributed by atoms with Crippen molar-refractivity contribution in [3.63, 3.8) is 0 Å². The molecule has 2 aliphatic heterocycles. The fourth-order valence-electron chi connectivity index (χ4n) is 4.34. The number of hydrogen-bond acceptors (Lipinski definition) is 7. The van der Waals surface area contributed by atoms with Gasteiger partial charge in [-0.1, -0.05) is 12.1 Å². The number of methoxy groups -OCH3 is 1. The van der Waals surface area contributed by atoms with Gasteiger partial charge in [0.1, 0.15) is 18.1 Å². The number of nitrogens with one attached hydrogen (secondary N) is 2. The van der Waals surface area contributed by atoms with E-state index >= 15 is 0 Å². The summed E-state index contributed by atoms with van der Waals surface area (Å²) in [4.78, 5) is 7.01. The first-order chi connectivity index (χ1) is 15.8. The monoisotopic (exact) mass is 435 g/mol. The molecule has 0 spiro atoms. The van der Waals surface area contributed by atoms with E-state index in [1.807, 2.05) is 6.20 Å². The lowest BCUT2D eigenvalue weighted by Crippen LogP contribution is -2.43. The van der Waals surface area contributed by atoms with Gasteiger partial charge in [-0.15, -0.1) is 0 Å². The highest BCUT2D eigenvalue weighted by atomic mass is 16.5. The van der Waals surface area contributed by atoms with Gasteiger partial charge in [0.05, 0.1) is 30.8 Å². The highest BCUT2D eigenvalue weighted by molar-refractivity contribution is 5.74. The zero-order chi connectivity index (χ0) is 21.9. The van der Waals surface area contributed by atoms with Crippen LogP contribution in [0.2, 0.25) is 0 Å². The summed E-state index contributed by atoms with van der Waals surface area (Å²) in [5.41, 5.74) is 5.24. The highest BCUT2D eigenvalue weighted by Gasteiger charge is 2.21. The Bertz CT molecular complexity index is 1090.